The number of rotatable bonds is 1. The molecule has 0 aliphatic heterocycles. The van der Waals surface area contributed by atoms with Crippen LogP contribution in [-0.2, 0) is 0 Å². The molecule has 0 aliphatic carbocycles. The van der Waals surface area contributed by atoms with Gasteiger partial charge < -0.3 is 0 Å². The first-order valence-electron chi connectivity index (χ1n) is 4.30. The number of hydrogen-bond acceptors (Lipinski definition) is 0. The van der Waals surface area contributed by atoms with Gasteiger partial charge in [-0.05, 0) is 11.6 Å². The Morgan fingerprint density at radius 3 is 2.60 bits per heavy atom. The molecule has 2 aromatic rings. The molecule has 3 heteroatoms. The third-order valence-corrected chi connectivity index (χ3v) is 3.02. The van der Waals surface area contributed by atoms with E-state index in [0.717, 1.165) is 10.0 Å². The minimum atomic E-state index is -0.439. The Balaban J connectivity index is 2.65. The highest BCUT2D eigenvalue weighted by Gasteiger charge is 2.10. The summed E-state index contributed by atoms with van der Waals surface area (Å²) in [6.45, 7) is 0. The topological polar surface area (TPSA) is 0 Å². The molecule has 0 spiro atoms. The van der Waals surface area contributed by atoms with Crippen molar-refractivity contribution < 1.29 is 4.39 Å². The van der Waals surface area contributed by atoms with E-state index in [-0.39, 0.29) is 5.02 Å². The lowest BCUT2D eigenvalue weighted by Crippen LogP contribution is -1.86. The molecule has 0 heterocycles. The third kappa shape index (κ3) is 2.06. The summed E-state index contributed by atoms with van der Waals surface area (Å²) in [5, 5.41) is 0.0169. The van der Waals surface area contributed by atoms with Gasteiger partial charge in [0.15, 0.2) is 0 Å². The van der Waals surface area contributed by atoms with Gasteiger partial charge in [0.25, 0.3) is 0 Å². The highest BCUT2D eigenvalue weighted by molar-refractivity contribution is 9.10. The second-order valence-electron chi connectivity index (χ2n) is 3.00. The van der Waals surface area contributed by atoms with Gasteiger partial charge in [-0.3, -0.25) is 0 Å². The number of benzene rings is 2. The van der Waals surface area contributed by atoms with Crippen molar-refractivity contribution in [2.24, 2.45) is 0 Å². The molecule has 75 valence electrons. The van der Waals surface area contributed by atoms with Crippen molar-refractivity contribution in [2.45, 2.75) is 0 Å². The van der Waals surface area contributed by atoms with Crippen molar-refractivity contribution in [1.82, 2.24) is 0 Å². The molecule has 0 fully saturated rings. The predicted octanol–water partition coefficient (Wildman–Crippen LogP) is 4.71. The van der Waals surface area contributed by atoms with Crippen molar-refractivity contribution in [3.63, 3.8) is 0 Å². The smallest absolute Gasteiger partial charge is 0.150 e. The SMILES string of the molecule is Fc1c(Cl)[c]ccc1-c1ccccc1Br. The fraction of sp³-hybridized carbons (Fsp3) is 0. The van der Waals surface area contributed by atoms with Gasteiger partial charge in [-0.1, -0.05) is 57.9 Å². The number of halogens is 3. The fourth-order valence-corrected chi connectivity index (χ4v) is 2.00. The van der Waals surface area contributed by atoms with Crippen molar-refractivity contribution in [3.8, 4) is 11.1 Å². The van der Waals surface area contributed by atoms with E-state index in [9.17, 15) is 4.39 Å². The van der Waals surface area contributed by atoms with Crippen LogP contribution in [0.1, 0.15) is 0 Å². The first kappa shape index (κ1) is 10.7. The van der Waals surface area contributed by atoms with Crippen molar-refractivity contribution in [1.29, 1.82) is 0 Å². The van der Waals surface area contributed by atoms with E-state index < -0.39 is 5.82 Å². The molecule has 0 atom stereocenters. The highest BCUT2D eigenvalue weighted by atomic mass is 79.9. The second kappa shape index (κ2) is 4.33. The summed E-state index contributed by atoms with van der Waals surface area (Å²) < 4.78 is 14.5. The molecule has 0 aromatic heterocycles. The molecule has 0 saturated carbocycles. The van der Waals surface area contributed by atoms with E-state index in [1.165, 1.54) is 0 Å². The zero-order valence-corrected chi connectivity index (χ0v) is 9.94. The standard InChI is InChI=1S/C12H6BrClF/c13-10-6-2-1-4-8(10)9-5-3-7-11(14)12(9)15/h1-6H. The Hall–Kier alpha value is -0.860. The molecule has 0 N–H and O–H groups in total. The molecule has 2 aromatic carbocycles. The second-order valence-corrected chi connectivity index (χ2v) is 4.23. The van der Waals surface area contributed by atoms with Gasteiger partial charge in [0.1, 0.15) is 5.82 Å². The van der Waals surface area contributed by atoms with E-state index in [0.29, 0.717) is 5.56 Å². The van der Waals surface area contributed by atoms with E-state index in [4.69, 9.17) is 11.6 Å². The summed E-state index contributed by atoms with van der Waals surface area (Å²) in [6, 6.07) is 13.3. The van der Waals surface area contributed by atoms with Crippen LogP contribution in [0.4, 0.5) is 4.39 Å². The Morgan fingerprint density at radius 1 is 1.13 bits per heavy atom. The maximum atomic E-state index is 13.7. The third-order valence-electron chi connectivity index (χ3n) is 2.05. The monoisotopic (exact) mass is 283 g/mol. The van der Waals surface area contributed by atoms with Crippen LogP contribution in [0.15, 0.2) is 40.9 Å². The molecule has 0 unspecified atom stereocenters. The first-order valence-corrected chi connectivity index (χ1v) is 5.48. The molecular weight excluding hydrogens is 278 g/mol. The maximum Gasteiger partial charge on any atom is 0.150 e. The Labute approximate surface area is 101 Å². The number of hydrogen-bond donors (Lipinski definition) is 0. The van der Waals surface area contributed by atoms with Gasteiger partial charge in [0, 0.05) is 16.1 Å². The lowest BCUT2D eigenvalue weighted by atomic mass is 10.1. The minimum Gasteiger partial charge on any atom is -0.205 e. The van der Waals surface area contributed by atoms with Gasteiger partial charge >= 0.3 is 0 Å². The molecule has 15 heavy (non-hydrogen) atoms. The van der Waals surface area contributed by atoms with Crippen LogP contribution in [0.3, 0.4) is 0 Å². The van der Waals surface area contributed by atoms with Gasteiger partial charge in [-0.2, -0.15) is 0 Å². The minimum absolute atomic E-state index is 0.0169. The molecule has 0 aliphatic rings. The van der Waals surface area contributed by atoms with E-state index in [2.05, 4.69) is 22.0 Å². The van der Waals surface area contributed by atoms with E-state index in [1.807, 2.05) is 24.3 Å². The van der Waals surface area contributed by atoms with Crippen LogP contribution in [0.25, 0.3) is 11.1 Å². The normalized spacial score (nSPS) is 10.3. The summed E-state index contributed by atoms with van der Waals surface area (Å²) in [4.78, 5) is 0. The van der Waals surface area contributed by atoms with Crippen molar-refractivity contribution in [3.05, 3.63) is 57.8 Å². The quantitative estimate of drug-likeness (QED) is 0.711. The lowest BCUT2D eigenvalue weighted by Gasteiger charge is -2.06. The van der Waals surface area contributed by atoms with Crippen molar-refractivity contribution in [2.75, 3.05) is 0 Å². The molecule has 0 nitrogen and oxygen atoms in total. The van der Waals surface area contributed by atoms with Gasteiger partial charge in [-0.15, -0.1) is 0 Å². The van der Waals surface area contributed by atoms with Crippen LogP contribution < -0.4 is 0 Å². The lowest BCUT2D eigenvalue weighted by molar-refractivity contribution is 0.631. The van der Waals surface area contributed by atoms with Crippen LogP contribution in [0.2, 0.25) is 5.02 Å². The maximum absolute atomic E-state index is 13.7. The largest absolute Gasteiger partial charge is 0.205 e. The van der Waals surface area contributed by atoms with Crippen LogP contribution in [-0.4, -0.2) is 0 Å². The summed E-state index contributed by atoms with van der Waals surface area (Å²) >= 11 is 9.04. The average molecular weight is 285 g/mol. The van der Waals surface area contributed by atoms with Crippen LogP contribution in [0, 0.1) is 11.9 Å². The average Bonchev–Trinajstić information content (AvgIpc) is 2.23. The Kier molecular flexibility index (Phi) is 3.08. The summed E-state index contributed by atoms with van der Waals surface area (Å²) in [5.41, 5.74) is 1.26. The Bertz CT molecular complexity index is 497. The zero-order valence-electron chi connectivity index (χ0n) is 7.60. The van der Waals surface area contributed by atoms with Gasteiger partial charge in [0.2, 0.25) is 0 Å². The molecule has 0 bridgehead atoms. The van der Waals surface area contributed by atoms with Crippen LogP contribution >= 0.6 is 27.5 Å². The highest BCUT2D eigenvalue weighted by Crippen LogP contribution is 2.32. The first-order chi connectivity index (χ1) is 7.20. The van der Waals surface area contributed by atoms with Crippen molar-refractivity contribution >= 4 is 27.5 Å². The molecule has 0 saturated heterocycles. The van der Waals surface area contributed by atoms with Crippen LogP contribution in [0.5, 0.6) is 0 Å². The summed E-state index contributed by atoms with van der Waals surface area (Å²) in [5.74, 6) is -0.439. The molecule has 0 amide bonds. The predicted molar refractivity (Wildman–Crippen MR) is 63.4 cm³/mol. The summed E-state index contributed by atoms with van der Waals surface area (Å²) in [7, 11) is 0. The van der Waals surface area contributed by atoms with Gasteiger partial charge in [0.05, 0.1) is 5.02 Å². The zero-order chi connectivity index (χ0) is 10.8. The fourth-order valence-electron chi connectivity index (χ4n) is 1.34. The molecule has 2 rings (SSSR count). The summed E-state index contributed by atoms with van der Waals surface area (Å²) in [6.07, 6.45) is 0. The van der Waals surface area contributed by atoms with E-state index in [1.54, 1.807) is 12.1 Å². The van der Waals surface area contributed by atoms with E-state index >= 15 is 0 Å². The molecular formula is C12H6BrClF. The van der Waals surface area contributed by atoms with Gasteiger partial charge in [-0.25, -0.2) is 4.39 Å². The Morgan fingerprint density at radius 2 is 1.87 bits per heavy atom. The molecule has 1 radical (unpaired) electrons.